The Hall–Kier alpha value is -3.81. The molecule has 2 aromatic carbocycles. The van der Waals surface area contributed by atoms with Crippen LogP contribution in [0.4, 0.5) is 0 Å². The van der Waals surface area contributed by atoms with Crippen molar-refractivity contribution >= 4 is 49.3 Å². The smallest absolute Gasteiger partial charge is 0.274 e. The maximum Gasteiger partial charge on any atom is 0.274 e. The number of sulfonamides is 1. The molecule has 2 aliphatic heterocycles. The molecule has 49 heavy (non-hydrogen) atoms. The summed E-state index contributed by atoms with van der Waals surface area (Å²) in [6.45, 7) is 2.29. The van der Waals surface area contributed by atoms with Gasteiger partial charge in [-0.2, -0.15) is 0 Å². The zero-order chi connectivity index (χ0) is 34.2. The molecule has 7 rings (SSSR count). The van der Waals surface area contributed by atoms with Gasteiger partial charge in [-0.15, -0.1) is 0 Å². The van der Waals surface area contributed by atoms with E-state index in [1.54, 1.807) is 11.8 Å². The number of thiazole rings is 1. The predicted molar refractivity (Wildman–Crippen MR) is 187 cm³/mol. The predicted octanol–water partition coefficient (Wildman–Crippen LogP) is 4.20. The number of allylic oxidation sites excluding steroid dienone is 1. The first kappa shape index (κ1) is 33.7. The standard InChI is InChI=1S/C36H43N5O6S2/c1-35(18-19-35)49(45,46)40-33(44)36-21-25(36)14-8-3-2-4-9-16-28(37-22-24-12-6-5-7-13-24)32(43)41-23-26(20-29(41)31(42)39-36)47-34-38-27-15-10-11-17-30(27)48-34/h5-8,10-15,17,25-26,28-29,37H,2-4,9,16,18-23H2,1H3,(H,39,42)(H,40,44)/b14-8-/t25-,26-,28+,29+,36-/m1/s1. The number of para-hydroxylation sites is 1. The third-order valence-electron chi connectivity index (χ3n) is 10.4. The minimum atomic E-state index is -3.92. The quantitative estimate of drug-likeness (QED) is 0.296. The largest absolute Gasteiger partial charge is 0.465 e. The van der Waals surface area contributed by atoms with Crippen molar-refractivity contribution in [1.82, 2.24) is 25.2 Å². The van der Waals surface area contributed by atoms with Crippen LogP contribution >= 0.6 is 11.3 Å². The fourth-order valence-electron chi connectivity index (χ4n) is 6.88. The topological polar surface area (TPSA) is 147 Å². The van der Waals surface area contributed by atoms with Crippen LogP contribution in [0.3, 0.4) is 0 Å². The average molecular weight is 706 g/mol. The number of nitrogens with zero attached hydrogens (tertiary/aromatic N) is 2. The number of nitrogens with one attached hydrogen (secondary N) is 3. The van der Waals surface area contributed by atoms with Gasteiger partial charge >= 0.3 is 0 Å². The molecule has 1 aromatic heterocycles. The van der Waals surface area contributed by atoms with Gasteiger partial charge in [0, 0.05) is 18.9 Å². The lowest BCUT2D eigenvalue weighted by Gasteiger charge is -2.30. The van der Waals surface area contributed by atoms with Crippen LogP contribution in [0.25, 0.3) is 10.2 Å². The molecule has 0 spiro atoms. The van der Waals surface area contributed by atoms with E-state index in [0.717, 1.165) is 41.5 Å². The molecule has 260 valence electrons. The summed E-state index contributed by atoms with van der Waals surface area (Å²) >= 11 is 1.41. The van der Waals surface area contributed by atoms with E-state index in [2.05, 4.69) is 20.3 Å². The maximum atomic E-state index is 14.4. The van der Waals surface area contributed by atoms with E-state index < -0.39 is 50.3 Å². The molecule has 0 unspecified atom stereocenters. The van der Waals surface area contributed by atoms with Crippen LogP contribution in [0, 0.1) is 5.92 Å². The van der Waals surface area contributed by atoms with Gasteiger partial charge < -0.3 is 20.3 Å². The monoisotopic (exact) mass is 705 g/mol. The summed E-state index contributed by atoms with van der Waals surface area (Å²) in [6, 6.07) is 16.1. The highest BCUT2D eigenvalue weighted by Gasteiger charge is 2.63. The summed E-state index contributed by atoms with van der Waals surface area (Å²) in [6.07, 6.45) is 8.91. The number of carbonyl (C=O) groups excluding carboxylic acids is 3. The molecule has 13 heteroatoms. The first-order valence-electron chi connectivity index (χ1n) is 17.2. The first-order chi connectivity index (χ1) is 23.6. The van der Waals surface area contributed by atoms with Crippen molar-refractivity contribution in [3.63, 3.8) is 0 Å². The van der Waals surface area contributed by atoms with Crippen molar-refractivity contribution in [2.75, 3.05) is 6.54 Å². The SMILES string of the molecule is CC1(S(=O)(=O)NC(=O)[C@@]23C[C@H]2/C=C\CCCCC[C@H](NCc2ccccc2)C(=O)N2C[C@H](Oc4nc5ccccc5s4)C[C@H]2C(=O)N3)CC1. The molecule has 0 bridgehead atoms. The summed E-state index contributed by atoms with van der Waals surface area (Å²) in [5.74, 6) is -1.78. The van der Waals surface area contributed by atoms with Gasteiger partial charge in [0.05, 0.1) is 27.6 Å². The minimum absolute atomic E-state index is 0.172. The molecule has 0 radical (unpaired) electrons. The van der Waals surface area contributed by atoms with Gasteiger partial charge in [-0.3, -0.25) is 19.1 Å². The van der Waals surface area contributed by atoms with Gasteiger partial charge in [0.15, 0.2) is 0 Å². The summed E-state index contributed by atoms with van der Waals surface area (Å²) in [7, 11) is -3.92. The number of fused-ring (bicyclic) bond motifs is 3. The van der Waals surface area contributed by atoms with Gasteiger partial charge in [0.1, 0.15) is 17.7 Å². The van der Waals surface area contributed by atoms with Crippen molar-refractivity contribution in [1.29, 1.82) is 0 Å². The fourth-order valence-corrected chi connectivity index (χ4v) is 9.08. The summed E-state index contributed by atoms with van der Waals surface area (Å²) in [5, 5.41) is 6.87. The Bertz CT molecular complexity index is 1830. The molecule has 1 saturated heterocycles. The second kappa shape index (κ2) is 13.5. The van der Waals surface area contributed by atoms with E-state index in [4.69, 9.17) is 4.74 Å². The molecule has 2 aliphatic carbocycles. The number of hydrogen-bond donors (Lipinski definition) is 3. The van der Waals surface area contributed by atoms with Crippen LogP contribution in [0.15, 0.2) is 66.7 Å². The van der Waals surface area contributed by atoms with E-state index in [0.29, 0.717) is 31.0 Å². The Morgan fingerprint density at radius 2 is 1.86 bits per heavy atom. The highest BCUT2D eigenvalue weighted by molar-refractivity contribution is 7.91. The van der Waals surface area contributed by atoms with Gasteiger partial charge in [-0.25, -0.2) is 13.4 Å². The molecule has 3 heterocycles. The van der Waals surface area contributed by atoms with E-state index in [1.165, 1.54) is 11.3 Å². The maximum absolute atomic E-state index is 14.4. The van der Waals surface area contributed by atoms with E-state index in [9.17, 15) is 22.8 Å². The van der Waals surface area contributed by atoms with Crippen LogP contribution in [0.5, 0.6) is 5.19 Å². The Labute approximate surface area is 290 Å². The van der Waals surface area contributed by atoms with Gasteiger partial charge in [-0.1, -0.05) is 78.8 Å². The van der Waals surface area contributed by atoms with Crippen LogP contribution < -0.4 is 20.1 Å². The molecule has 2 saturated carbocycles. The Balaban J connectivity index is 1.16. The zero-order valence-corrected chi connectivity index (χ0v) is 29.2. The highest BCUT2D eigenvalue weighted by atomic mass is 32.2. The van der Waals surface area contributed by atoms with E-state index in [1.807, 2.05) is 66.7 Å². The second-order valence-corrected chi connectivity index (χ2v) is 17.3. The third-order valence-corrected chi connectivity index (χ3v) is 13.5. The Kier molecular flexibility index (Phi) is 9.27. The molecule has 3 N–H and O–H groups in total. The normalized spacial score (nSPS) is 29.1. The van der Waals surface area contributed by atoms with Crippen LogP contribution in [-0.2, 0) is 31.0 Å². The molecule has 5 atom stereocenters. The molecule has 3 fully saturated rings. The van der Waals surface area contributed by atoms with Crippen molar-refractivity contribution in [2.45, 2.75) is 99.7 Å². The van der Waals surface area contributed by atoms with Crippen molar-refractivity contribution in [3.8, 4) is 5.19 Å². The number of hydrogen-bond acceptors (Lipinski definition) is 9. The Morgan fingerprint density at radius 3 is 2.63 bits per heavy atom. The average Bonchev–Trinajstić information content (AvgIpc) is 3.89. The zero-order valence-electron chi connectivity index (χ0n) is 27.6. The molecule has 11 nitrogen and oxygen atoms in total. The first-order valence-corrected chi connectivity index (χ1v) is 19.5. The van der Waals surface area contributed by atoms with Crippen LogP contribution in [0.2, 0.25) is 0 Å². The van der Waals surface area contributed by atoms with Crippen molar-refractivity contribution in [2.24, 2.45) is 5.92 Å². The van der Waals surface area contributed by atoms with E-state index >= 15 is 0 Å². The number of benzene rings is 2. The summed E-state index contributed by atoms with van der Waals surface area (Å²) in [5.41, 5.74) is 0.439. The number of carbonyl (C=O) groups is 3. The number of rotatable bonds is 8. The van der Waals surface area contributed by atoms with Gasteiger partial charge in [-0.05, 0) is 63.1 Å². The second-order valence-electron chi connectivity index (χ2n) is 14.1. The lowest BCUT2D eigenvalue weighted by Crippen LogP contribution is -2.58. The number of aromatic nitrogens is 1. The lowest BCUT2D eigenvalue weighted by molar-refractivity contribution is -0.141. The molecular weight excluding hydrogens is 663 g/mol. The number of ether oxygens (including phenoxy) is 1. The lowest BCUT2D eigenvalue weighted by atomic mass is 10.0. The molecule has 3 amide bonds. The summed E-state index contributed by atoms with van der Waals surface area (Å²) in [4.78, 5) is 48.6. The Morgan fingerprint density at radius 1 is 1.08 bits per heavy atom. The van der Waals surface area contributed by atoms with Crippen LogP contribution in [-0.4, -0.2) is 71.0 Å². The van der Waals surface area contributed by atoms with Gasteiger partial charge in [0.25, 0.3) is 11.1 Å². The third kappa shape index (κ3) is 7.11. The highest BCUT2D eigenvalue weighted by Crippen LogP contribution is 2.47. The minimum Gasteiger partial charge on any atom is -0.465 e. The fraction of sp³-hybridized carbons (Fsp3) is 0.500. The van der Waals surface area contributed by atoms with Crippen molar-refractivity contribution < 1.29 is 27.5 Å². The molecule has 3 aromatic rings. The summed E-state index contributed by atoms with van der Waals surface area (Å²) < 4.78 is 34.8. The molecule has 4 aliphatic rings. The van der Waals surface area contributed by atoms with Gasteiger partial charge in [0.2, 0.25) is 21.8 Å². The molecular formula is C36H43N5O6S2. The van der Waals surface area contributed by atoms with Crippen molar-refractivity contribution in [3.05, 3.63) is 72.3 Å². The van der Waals surface area contributed by atoms with Crippen LogP contribution in [0.1, 0.15) is 70.3 Å². The number of amides is 3. The van der Waals surface area contributed by atoms with E-state index in [-0.39, 0.29) is 31.2 Å².